The van der Waals surface area contributed by atoms with E-state index in [1.807, 2.05) is 24.0 Å². The van der Waals surface area contributed by atoms with Crippen molar-refractivity contribution in [2.75, 3.05) is 5.73 Å². The van der Waals surface area contributed by atoms with Gasteiger partial charge in [0.15, 0.2) is 0 Å². The highest BCUT2D eigenvalue weighted by atomic mass is 15.0. The van der Waals surface area contributed by atoms with Crippen molar-refractivity contribution in [3.8, 4) is 11.4 Å². The third-order valence-corrected chi connectivity index (χ3v) is 2.94. The summed E-state index contributed by atoms with van der Waals surface area (Å²) in [4.78, 5) is 13.3. The van der Waals surface area contributed by atoms with Gasteiger partial charge in [-0.3, -0.25) is 0 Å². The maximum absolute atomic E-state index is 5.94. The number of imidazole rings is 1. The summed E-state index contributed by atoms with van der Waals surface area (Å²) in [5.74, 6) is 1.34. The second kappa shape index (κ2) is 5.16. The summed E-state index contributed by atoms with van der Waals surface area (Å²) >= 11 is 0. The standard InChI is InChI=1S/C13H19N5/c1-4-6-11-16-12(9(3)13(14)17-11)10-7-18(5-2)8-15-10/h7-8H,4-6H2,1-3H3,(H2,14,16,17). The Morgan fingerprint density at radius 3 is 2.67 bits per heavy atom. The van der Waals surface area contributed by atoms with Gasteiger partial charge in [0, 0.05) is 24.7 Å². The molecule has 0 saturated heterocycles. The van der Waals surface area contributed by atoms with Gasteiger partial charge in [0.05, 0.1) is 12.0 Å². The summed E-state index contributed by atoms with van der Waals surface area (Å²) in [6.07, 6.45) is 5.65. The minimum atomic E-state index is 0.550. The Morgan fingerprint density at radius 1 is 1.28 bits per heavy atom. The lowest BCUT2D eigenvalue weighted by atomic mass is 10.2. The molecule has 5 nitrogen and oxygen atoms in total. The highest BCUT2D eigenvalue weighted by molar-refractivity contribution is 5.63. The molecule has 0 saturated carbocycles. The zero-order chi connectivity index (χ0) is 13.1. The number of nitrogens with zero attached hydrogens (tertiary/aromatic N) is 4. The highest BCUT2D eigenvalue weighted by Crippen LogP contribution is 2.23. The Kier molecular flexibility index (Phi) is 3.60. The molecular weight excluding hydrogens is 226 g/mol. The quantitative estimate of drug-likeness (QED) is 0.896. The van der Waals surface area contributed by atoms with Gasteiger partial charge >= 0.3 is 0 Å². The van der Waals surface area contributed by atoms with Crippen molar-refractivity contribution in [3.63, 3.8) is 0 Å². The SMILES string of the molecule is CCCc1nc(N)c(C)c(-c2cn(CC)cn2)n1. The lowest BCUT2D eigenvalue weighted by molar-refractivity contribution is 0.761. The van der Waals surface area contributed by atoms with Crippen LogP contribution in [0.5, 0.6) is 0 Å². The second-order valence-electron chi connectivity index (χ2n) is 4.34. The van der Waals surface area contributed by atoms with Crippen molar-refractivity contribution in [1.82, 2.24) is 19.5 Å². The molecule has 0 aliphatic rings. The molecule has 0 amide bonds. The summed E-state index contributed by atoms with van der Waals surface area (Å²) in [6.45, 7) is 7.01. The number of hydrogen-bond donors (Lipinski definition) is 1. The van der Waals surface area contributed by atoms with E-state index in [2.05, 4.69) is 28.8 Å². The number of anilines is 1. The van der Waals surface area contributed by atoms with E-state index in [4.69, 9.17) is 5.73 Å². The molecule has 0 radical (unpaired) electrons. The van der Waals surface area contributed by atoms with Gasteiger partial charge in [-0.2, -0.15) is 0 Å². The molecule has 0 aliphatic heterocycles. The first-order valence-corrected chi connectivity index (χ1v) is 6.30. The summed E-state index contributed by atoms with van der Waals surface area (Å²) in [5, 5.41) is 0. The van der Waals surface area contributed by atoms with Crippen molar-refractivity contribution in [3.05, 3.63) is 23.9 Å². The van der Waals surface area contributed by atoms with Crippen LogP contribution in [0.1, 0.15) is 31.7 Å². The first-order valence-electron chi connectivity index (χ1n) is 6.30. The summed E-state index contributed by atoms with van der Waals surface area (Å²) in [7, 11) is 0. The van der Waals surface area contributed by atoms with Crippen molar-refractivity contribution in [1.29, 1.82) is 0 Å². The molecule has 18 heavy (non-hydrogen) atoms. The first kappa shape index (κ1) is 12.5. The Labute approximate surface area is 107 Å². The van der Waals surface area contributed by atoms with Crippen LogP contribution in [0.25, 0.3) is 11.4 Å². The molecule has 0 aliphatic carbocycles. The fourth-order valence-corrected chi connectivity index (χ4v) is 1.82. The van der Waals surface area contributed by atoms with Crippen LogP contribution in [0.2, 0.25) is 0 Å². The lowest BCUT2D eigenvalue weighted by Crippen LogP contribution is -2.05. The molecule has 0 spiro atoms. The van der Waals surface area contributed by atoms with Gasteiger partial charge in [-0.25, -0.2) is 15.0 Å². The van der Waals surface area contributed by atoms with Crippen LogP contribution in [0.4, 0.5) is 5.82 Å². The summed E-state index contributed by atoms with van der Waals surface area (Å²) in [6, 6.07) is 0. The van der Waals surface area contributed by atoms with Gasteiger partial charge in [0.1, 0.15) is 17.3 Å². The van der Waals surface area contributed by atoms with E-state index in [1.54, 1.807) is 0 Å². The largest absolute Gasteiger partial charge is 0.383 e. The number of nitrogens with two attached hydrogens (primary N) is 1. The average Bonchev–Trinajstić information content (AvgIpc) is 2.82. The minimum Gasteiger partial charge on any atom is -0.383 e. The van der Waals surface area contributed by atoms with E-state index in [0.29, 0.717) is 5.82 Å². The van der Waals surface area contributed by atoms with Crippen LogP contribution in [-0.2, 0) is 13.0 Å². The molecule has 2 aromatic rings. The molecule has 0 aromatic carbocycles. The molecule has 2 heterocycles. The van der Waals surface area contributed by atoms with Gasteiger partial charge in [-0.15, -0.1) is 0 Å². The van der Waals surface area contributed by atoms with Crippen LogP contribution >= 0.6 is 0 Å². The van der Waals surface area contributed by atoms with Crippen molar-refractivity contribution >= 4 is 5.82 Å². The van der Waals surface area contributed by atoms with Gasteiger partial charge in [0.2, 0.25) is 0 Å². The van der Waals surface area contributed by atoms with E-state index in [1.165, 1.54) is 0 Å². The minimum absolute atomic E-state index is 0.550. The number of aryl methyl sites for hydroxylation is 2. The molecule has 2 aromatic heterocycles. The summed E-state index contributed by atoms with van der Waals surface area (Å²) in [5.41, 5.74) is 8.55. The third-order valence-electron chi connectivity index (χ3n) is 2.94. The van der Waals surface area contributed by atoms with Gasteiger partial charge in [0.25, 0.3) is 0 Å². The molecule has 0 unspecified atom stereocenters. The predicted molar refractivity (Wildman–Crippen MR) is 72.1 cm³/mol. The zero-order valence-corrected chi connectivity index (χ0v) is 11.1. The Hall–Kier alpha value is -1.91. The van der Waals surface area contributed by atoms with Crippen LogP contribution in [-0.4, -0.2) is 19.5 Å². The van der Waals surface area contributed by atoms with E-state index in [9.17, 15) is 0 Å². The molecule has 2 rings (SSSR count). The van der Waals surface area contributed by atoms with Gasteiger partial charge < -0.3 is 10.3 Å². The van der Waals surface area contributed by atoms with Gasteiger partial charge in [-0.05, 0) is 20.3 Å². The van der Waals surface area contributed by atoms with Crippen molar-refractivity contribution in [2.45, 2.75) is 40.2 Å². The zero-order valence-electron chi connectivity index (χ0n) is 11.1. The van der Waals surface area contributed by atoms with Crippen molar-refractivity contribution < 1.29 is 0 Å². The molecule has 96 valence electrons. The fraction of sp³-hybridized carbons (Fsp3) is 0.462. The monoisotopic (exact) mass is 245 g/mol. The van der Waals surface area contributed by atoms with E-state index in [0.717, 1.165) is 42.2 Å². The molecular formula is C13H19N5. The topological polar surface area (TPSA) is 69.6 Å². The van der Waals surface area contributed by atoms with E-state index >= 15 is 0 Å². The second-order valence-corrected chi connectivity index (χ2v) is 4.34. The van der Waals surface area contributed by atoms with Crippen LogP contribution in [0, 0.1) is 6.92 Å². The predicted octanol–water partition coefficient (Wildman–Crippen LogP) is 2.20. The van der Waals surface area contributed by atoms with Crippen LogP contribution in [0.3, 0.4) is 0 Å². The van der Waals surface area contributed by atoms with E-state index in [-0.39, 0.29) is 0 Å². The molecule has 0 fully saturated rings. The maximum Gasteiger partial charge on any atom is 0.131 e. The van der Waals surface area contributed by atoms with Crippen molar-refractivity contribution in [2.24, 2.45) is 0 Å². The molecule has 5 heteroatoms. The molecule has 0 bridgehead atoms. The molecule has 2 N–H and O–H groups in total. The number of rotatable bonds is 4. The first-order chi connectivity index (χ1) is 8.65. The number of aromatic nitrogens is 4. The normalized spacial score (nSPS) is 10.8. The maximum atomic E-state index is 5.94. The van der Waals surface area contributed by atoms with Crippen LogP contribution in [0.15, 0.2) is 12.5 Å². The molecule has 0 atom stereocenters. The number of hydrogen-bond acceptors (Lipinski definition) is 4. The summed E-state index contributed by atoms with van der Waals surface area (Å²) < 4.78 is 2.02. The Balaban J connectivity index is 2.48. The van der Waals surface area contributed by atoms with Gasteiger partial charge in [-0.1, -0.05) is 6.92 Å². The average molecular weight is 245 g/mol. The smallest absolute Gasteiger partial charge is 0.131 e. The fourth-order valence-electron chi connectivity index (χ4n) is 1.82. The van der Waals surface area contributed by atoms with Crippen LogP contribution < -0.4 is 5.73 Å². The van der Waals surface area contributed by atoms with E-state index < -0.39 is 0 Å². The third kappa shape index (κ3) is 2.34. The Morgan fingerprint density at radius 2 is 2.06 bits per heavy atom. The number of nitrogen functional groups attached to an aromatic ring is 1. The highest BCUT2D eigenvalue weighted by Gasteiger charge is 2.12. The lowest BCUT2D eigenvalue weighted by Gasteiger charge is -2.07. The Bertz CT molecular complexity index is 544.